The van der Waals surface area contributed by atoms with E-state index in [9.17, 15) is 0 Å². The Morgan fingerprint density at radius 2 is 1.76 bits per heavy atom. The topological polar surface area (TPSA) is 51.8 Å². The third kappa shape index (κ3) is 1.83. The first kappa shape index (κ1) is 10.4. The molecule has 0 spiro atoms. The van der Waals surface area contributed by atoms with Crippen LogP contribution in [0.4, 0.5) is 0 Å². The van der Waals surface area contributed by atoms with E-state index in [0.29, 0.717) is 0 Å². The van der Waals surface area contributed by atoms with Gasteiger partial charge in [-0.25, -0.2) is 9.97 Å². The van der Waals surface area contributed by atoms with Crippen LogP contribution in [0.3, 0.4) is 0 Å². The average Bonchev–Trinajstić information content (AvgIpc) is 2.40. The number of aryl methyl sites for hydroxylation is 1. The van der Waals surface area contributed by atoms with Crippen molar-refractivity contribution in [1.82, 2.24) is 9.97 Å². The fourth-order valence-electron chi connectivity index (χ4n) is 2.56. The number of aromatic nitrogens is 2. The van der Waals surface area contributed by atoms with Crippen molar-refractivity contribution in [1.29, 1.82) is 0 Å². The summed E-state index contributed by atoms with van der Waals surface area (Å²) in [6.45, 7) is 0. The van der Waals surface area contributed by atoms with Crippen LogP contribution in [0.2, 0.25) is 0 Å². The summed E-state index contributed by atoms with van der Waals surface area (Å²) in [6.07, 6.45) is 8.07. The predicted molar refractivity (Wildman–Crippen MR) is 66.4 cm³/mol. The zero-order valence-electron chi connectivity index (χ0n) is 9.63. The molecule has 3 nitrogen and oxygen atoms in total. The summed E-state index contributed by atoms with van der Waals surface area (Å²) in [5.74, 6) is 0. The molecule has 0 saturated heterocycles. The minimum atomic E-state index is -0.310. The summed E-state index contributed by atoms with van der Waals surface area (Å²) >= 11 is 0. The normalized spacial score (nSPS) is 23.1. The van der Waals surface area contributed by atoms with Crippen molar-refractivity contribution in [3.05, 3.63) is 59.7 Å². The molecule has 1 aromatic carbocycles. The van der Waals surface area contributed by atoms with Gasteiger partial charge in [0.1, 0.15) is 6.33 Å². The molecule has 1 aromatic heterocycles. The van der Waals surface area contributed by atoms with Gasteiger partial charge >= 0.3 is 0 Å². The van der Waals surface area contributed by atoms with Crippen LogP contribution in [0.25, 0.3) is 0 Å². The lowest BCUT2D eigenvalue weighted by molar-refractivity contribution is 0.383. The van der Waals surface area contributed by atoms with Gasteiger partial charge in [-0.3, -0.25) is 0 Å². The molecule has 0 bridgehead atoms. The van der Waals surface area contributed by atoms with E-state index in [2.05, 4.69) is 34.2 Å². The van der Waals surface area contributed by atoms with Crippen LogP contribution in [-0.2, 0) is 18.4 Å². The number of hydrogen-bond acceptors (Lipinski definition) is 3. The second kappa shape index (κ2) is 3.93. The molecular weight excluding hydrogens is 210 g/mol. The molecule has 3 heteroatoms. The van der Waals surface area contributed by atoms with Crippen LogP contribution in [0.5, 0.6) is 0 Å². The summed E-state index contributed by atoms with van der Waals surface area (Å²) in [7, 11) is 0. The van der Waals surface area contributed by atoms with Gasteiger partial charge in [0.15, 0.2) is 0 Å². The molecule has 86 valence electrons. The lowest BCUT2D eigenvalue weighted by Gasteiger charge is -2.34. The number of fused-ring (bicyclic) bond motifs is 1. The second-order valence-electron chi connectivity index (χ2n) is 4.73. The van der Waals surface area contributed by atoms with Gasteiger partial charge in [-0.15, -0.1) is 0 Å². The van der Waals surface area contributed by atoms with Crippen molar-refractivity contribution in [2.45, 2.75) is 24.8 Å². The Bertz CT molecular complexity index is 524. The van der Waals surface area contributed by atoms with Crippen LogP contribution in [0.1, 0.15) is 23.1 Å². The fourth-order valence-corrected chi connectivity index (χ4v) is 2.56. The van der Waals surface area contributed by atoms with E-state index < -0.39 is 0 Å². The van der Waals surface area contributed by atoms with Crippen molar-refractivity contribution in [3.63, 3.8) is 0 Å². The maximum Gasteiger partial charge on any atom is 0.115 e. The molecular formula is C14H15N3. The third-order valence-corrected chi connectivity index (χ3v) is 3.60. The van der Waals surface area contributed by atoms with Gasteiger partial charge in [-0.2, -0.15) is 0 Å². The Labute approximate surface area is 101 Å². The summed E-state index contributed by atoms with van der Waals surface area (Å²) in [5.41, 5.74) is 10.0. The number of rotatable bonds is 1. The first-order valence-corrected chi connectivity index (χ1v) is 5.89. The Morgan fingerprint density at radius 3 is 2.53 bits per heavy atom. The van der Waals surface area contributed by atoms with Gasteiger partial charge < -0.3 is 5.73 Å². The summed E-state index contributed by atoms with van der Waals surface area (Å²) < 4.78 is 0. The predicted octanol–water partition coefficient (Wildman–Crippen LogP) is 1.82. The first-order chi connectivity index (χ1) is 8.28. The molecule has 0 fully saturated rings. The minimum Gasteiger partial charge on any atom is -0.321 e. The molecule has 1 atom stereocenters. The lowest BCUT2D eigenvalue weighted by Crippen LogP contribution is -2.42. The Morgan fingerprint density at radius 1 is 1.06 bits per heavy atom. The molecule has 1 aliphatic rings. The fraction of sp³-hybridized carbons (Fsp3) is 0.286. The standard InChI is InChI=1S/C14H15N3/c15-14(13-8-16-10-17-9-13)6-5-11-3-1-2-4-12(11)7-14/h1-4,8-10H,5-7,15H2. The molecule has 1 heterocycles. The zero-order valence-corrected chi connectivity index (χ0v) is 9.63. The highest BCUT2D eigenvalue weighted by Gasteiger charge is 2.32. The van der Waals surface area contributed by atoms with E-state index in [-0.39, 0.29) is 5.54 Å². The van der Waals surface area contributed by atoms with Gasteiger partial charge in [0.25, 0.3) is 0 Å². The Balaban J connectivity index is 1.98. The van der Waals surface area contributed by atoms with Crippen LogP contribution in [0, 0.1) is 0 Å². The van der Waals surface area contributed by atoms with E-state index in [1.165, 1.54) is 11.1 Å². The maximum absolute atomic E-state index is 6.52. The van der Waals surface area contributed by atoms with Crippen molar-refractivity contribution in [3.8, 4) is 0 Å². The molecule has 0 aliphatic heterocycles. The average molecular weight is 225 g/mol. The smallest absolute Gasteiger partial charge is 0.115 e. The van der Waals surface area contributed by atoms with Gasteiger partial charge in [-0.1, -0.05) is 24.3 Å². The van der Waals surface area contributed by atoms with E-state index in [1.54, 1.807) is 6.33 Å². The Kier molecular flexibility index (Phi) is 2.41. The van der Waals surface area contributed by atoms with Crippen LogP contribution in [-0.4, -0.2) is 9.97 Å². The van der Waals surface area contributed by atoms with Crippen molar-refractivity contribution < 1.29 is 0 Å². The molecule has 2 aromatic rings. The zero-order chi connectivity index (χ0) is 11.7. The largest absolute Gasteiger partial charge is 0.321 e. The number of benzene rings is 1. The monoisotopic (exact) mass is 225 g/mol. The van der Waals surface area contributed by atoms with Crippen LogP contribution in [0.15, 0.2) is 43.0 Å². The SMILES string of the molecule is NC1(c2cncnc2)CCc2ccccc2C1. The van der Waals surface area contributed by atoms with Crippen molar-refractivity contribution in [2.75, 3.05) is 0 Å². The number of nitrogens with two attached hydrogens (primary N) is 1. The van der Waals surface area contributed by atoms with E-state index in [1.807, 2.05) is 12.4 Å². The molecule has 17 heavy (non-hydrogen) atoms. The molecule has 2 N–H and O–H groups in total. The first-order valence-electron chi connectivity index (χ1n) is 5.89. The van der Waals surface area contributed by atoms with Gasteiger partial charge in [0, 0.05) is 23.5 Å². The molecule has 0 amide bonds. The second-order valence-corrected chi connectivity index (χ2v) is 4.73. The lowest BCUT2D eigenvalue weighted by atomic mass is 9.75. The minimum absolute atomic E-state index is 0.310. The molecule has 1 aliphatic carbocycles. The number of hydrogen-bond donors (Lipinski definition) is 1. The highest BCUT2D eigenvalue weighted by molar-refractivity contribution is 5.35. The maximum atomic E-state index is 6.52. The highest BCUT2D eigenvalue weighted by atomic mass is 14.8. The highest BCUT2D eigenvalue weighted by Crippen LogP contribution is 2.33. The van der Waals surface area contributed by atoms with Crippen molar-refractivity contribution >= 4 is 0 Å². The quantitative estimate of drug-likeness (QED) is 0.805. The van der Waals surface area contributed by atoms with Gasteiger partial charge in [-0.05, 0) is 30.4 Å². The molecule has 3 rings (SSSR count). The summed E-state index contributed by atoms with van der Waals surface area (Å²) in [6, 6.07) is 8.52. The Hall–Kier alpha value is -1.74. The molecule has 0 radical (unpaired) electrons. The van der Waals surface area contributed by atoms with Crippen molar-refractivity contribution in [2.24, 2.45) is 5.73 Å². The third-order valence-electron chi connectivity index (χ3n) is 3.60. The molecule has 1 unspecified atom stereocenters. The van der Waals surface area contributed by atoms with E-state index in [4.69, 9.17) is 5.73 Å². The van der Waals surface area contributed by atoms with Crippen LogP contribution < -0.4 is 5.73 Å². The summed E-state index contributed by atoms with van der Waals surface area (Å²) in [4.78, 5) is 8.14. The summed E-state index contributed by atoms with van der Waals surface area (Å²) in [5, 5.41) is 0. The van der Waals surface area contributed by atoms with E-state index in [0.717, 1.165) is 24.8 Å². The number of nitrogens with zero attached hydrogens (tertiary/aromatic N) is 2. The molecule has 0 saturated carbocycles. The van der Waals surface area contributed by atoms with E-state index >= 15 is 0 Å². The van der Waals surface area contributed by atoms with Gasteiger partial charge in [0.2, 0.25) is 0 Å². The van der Waals surface area contributed by atoms with Crippen LogP contribution >= 0.6 is 0 Å². The van der Waals surface area contributed by atoms with Gasteiger partial charge in [0.05, 0.1) is 0 Å².